The highest BCUT2D eigenvalue weighted by molar-refractivity contribution is 5.92. The Labute approximate surface area is 127 Å². The second kappa shape index (κ2) is 5.00. The molecule has 7 heteroatoms. The van der Waals surface area contributed by atoms with Crippen LogP contribution < -0.4 is 5.32 Å². The lowest BCUT2D eigenvalue weighted by molar-refractivity contribution is 0.0805. The highest BCUT2D eigenvalue weighted by atomic mass is 16.5. The van der Waals surface area contributed by atoms with Crippen molar-refractivity contribution in [1.29, 1.82) is 0 Å². The number of rotatable bonds is 3. The average molecular weight is 305 g/mol. The van der Waals surface area contributed by atoms with Crippen LogP contribution in [0.1, 0.15) is 60.7 Å². The van der Waals surface area contributed by atoms with Crippen LogP contribution >= 0.6 is 0 Å². The Hall–Kier alpha value is -2.05. The molecule has 2 aliphatic heterocycles. The molecule has 1 aromatic rings. The molecule has 3 heterocycles. The van der Waals surface area contributed by atoms with E-state index >= 15 is 0 Å². The maximum atomic E-state index is 12.3. The van der Waals surface area contributed by atoms with Gasteiger partial charge in [-0.3, -0.25) is 4.79 Å². The van der Waals surface area contributed by atoms with E-state index in [4.69, 9.17) is 4.52 Å². The van der Waals surface area contributed by atoms with E-state index in [-0.39, 0.29) is 24.0 Å². The summed E-state index contributed by atoms with van der Waals surface area (Å²) in [6.07, 6.45) is 4.51. The summed E-state index contributed by atoms with van der Waals surface area (Å²) in [6, 6.07) is 1.80. The number of carbonyl (C=O) groups excluding carboxylic acids is 1. The lowest BCUT2D eigenvalue weighted by atomic mass is 9.97. The van der Waals surface area contributed by atoms with E-state index in [0.717, 1.165) is 31.4 Å². The number of fused-ring (bicyclic) bond motifs is 2. The molecule has 2 saturated heterocycles. The number of nitrogens with zero attached hydrogens (tertiary/aromatic N) is 2. The minimum Gasteiger partial charge on any atom is -0.465 e. The van der Waals surface area contributed by atoms with Gasteiger partial charge in [0.05, 0.1) is 0 Å². The molecule has 118 valence electrons. The summed E-state index contributed by atoms with van der Waals surface area (Å²) >= 11 is 0. The first-order valence-corrected chi connectivity index (χ1v) is 7.90. The molecule has 1 unspecified atom stereocenters. The minimum absolute atomic E-state index is 0.0154. The number of hydrogen-bond donors (Lipinski definition) is 2. The van der Waals surface area contributed by atoms with Gasteiger partial charge in [0, 0.05) is 30.1 Å². The molecule has 3 atom stereocenters. The molecular weight excluding hydrogens is 286 g/mol. The maximum Gasteiger partial charge on any atom is 0.407 e. The van der Waals surface area contributed by atoms with Gasteiger partial charge in [-0.05, 0) is 38.5 Å². The van der Waals surface area contributed by atoms with Crippen LogP contribution in [0.25, 0.3) is 0 Å². The molecule has 3 aliphatic rings. The molecule has 2 bridgehead atoms. The van der Waals surface area contributed by atoms with Crippen LogP contribution in [0.5, 0.6) is 0 Å². The zero-order valence-corrected chi connectivity index (χ0v) is 12.2. The molecule has 7 nitrogen and oxygen atoms in total. The molecule has 1 saturated carbocycles. The number of piperidine rings is 1. The average Bonchev–Trinajstić information content (AvgIpc) is 3.13. The summed E-state index contributed by atoms with van der Waals surface area (Å²) in [5.41, 5.74) is 0.329. The predicted octanol–water partition coefficient (Wildman–Crippen LogP) is 1.96. The van der Waals surface area contributed by atoms with Crippen molar-refractivity contribution in [2.75, 3.05) is 0 Å². The number of carboxylic acid groups (broad SMARTS) is 1. The van der Waals surface area contributed by atoms with E-state index in [2.05, 4.69) is 10.5 Å². The van der Waals surface area contributed by atoms with Crippen molar-refractivity contribution >= 4 is 12.0 Å². The Kier molecular flexibility index (Phi) is 3.09. The molecular formula is C15H19N3O4. The maximum absolute atomic E-state index is 12.3. The van der Waals surface area contributed by atoms with Gasteiger partial charge in [-0.25, -0.2) is 4.79 Å². The monoisotopic (exact) mass is 305 g/mol. The van der Waals surface area contributed by atoms with E-state index in [0.29, 0.717) is 24.5 Å². The molecule has 1 aromatic heterocycles. The predicted molar refractivity (Wildman–Crippen MR) is 75.6 cm³/mol. The second-order valence-electron chi connectivity index (χ2n) is 6.61. The van der Waals surface area contributed by atoms with E-state index in [9.17, 15) is 14.7 Å². The molecule has 2 N–H and O–H groups in total. The van der Waals surface area contributed by atoms with Crippen LogP contribution in [0, 0.1) is 0 Å². The SMILES string of the molecule is O=C(NC1C[C@H]2CC[C@@H](C1)N2C(=O)O)c1cc(C2CC2)on1. The molecule has 3 fully saturated rings. The summed E-state index contributed by atoms with van der Waals surface area (Å²) in [4.78, 5) is 25.1. The number of carbonyl (C=O) groups is 2. The smallest absolute Gasteiger partial charge is 0.407 e. The second-order valence-corrected chi connectivity index (χ2v) is 6.61. The molecule has 2 amide bonds. The first-order valence-electron chi connectivity index (χ1n) is 7.90. The Bertz CT molecular complexity index is 596. The molecule has 0 radical (unpaired) electrons. The Morgan fingerprint density at radius 3 is 2.50 bits per heavy atom. The van der Waals surface area contributed by atoms with Gasteiger partial charge >= 0.3 is 6.09 Å². The van der Waals surface area contributed by atoms with Gasteiger partial charge in [0.2, 0.25) is 0 Å². The van der Waals surface area contributed by atoms with Gasteiger partial charge in [0.1, 0.15) is 5.76 Å². The fraction of sp³-hybridized carbons (Fsp3) is 0.667. The van der Waals surface area contributed by atoms with Crippen LogP contribution in [0.15, 0.2) is 10.6 Å². The fourth-order valence-electron chi connectivity index (χ4n) is 3.82. The third-order valence-corrected chi connectivity index (χ3v) is 5.03. The Morgan fingerprint density at radius 1 is 1.23 bits per heavy atom. The first kappa shape index (κ1) is 13.6. The standard InChI is InChI=1S/C15H19N3O4/c19-14(12-7-13(22-17-12)8-1-2-8)16-9-5-10-3-4-11(6-9)18(10)15(20)21/h7-11H,1-6H2,(H,16,19)(H,20,21)/t9?,10-,11+. The van der Waals surface area contributed by atoms with E-state index < -0.39 is 6.09 Å². The van der Waals surface area contributed by atoms with Crippen LogP contribution in [-0.4, -0.2) is 45.3 Å². The molecule has 22 heavy (non-hydrogen) atoms. The van der Waals surface area contributed by atoms with Crippen LogP contribution in [-0.2, 0) is 0 Å². The van der Waals surface area contributed by atoms with Gasteiger partial charge in [-0.2, -0.15) is 0 Å². The molecule has 0 spiro atoms. The Morgan fingerprint density at radius 2 is 1.91 bits per heavy atom. The third kappa shape index (κ3) is 2.34. The molecule has 1 aliphatic carbocycles. The normalized spacial score (nSPS) is 30.4. The van der Waals surface area contributed by atoms with Crippen LogP contribution in [0.4, 0.5) is 4.79 Å². The van der Waals surface area contributed by atoms with Gasteiger partial charge in [0.25, 0.3) is 5.91 Å². The zero-order chi connectivity index (χ0) is 15.3. The summed E-state index contributed by atoms with van der Waals surface area (Å²) in [6.45, 7) is 0. The number of aromatic nitrogens is 1. The van der Waals surface area contributed by atoms with Gasteiger partial charge < -0.3 is 19.8 Å². The van der Waals surface area contributed by atoms with E-state index in [1.807, 2.05) is 0 Å². The van der Waals surface area contributed by atoms with Crippen molar-refractivity contribution in [3.05, 3.63) is 17.5 Å². The van der Waals surface area contributed by atoms with E-state index in [1.54, 1.807) is 11.0 Å². The van der Waals surface area contributed by atoms with Gasteiger partial charge in [-0.15, -0.1) is 0 Å². The first-order chi connectivity index (χ1) is 10.6. The largest absolute Gasteiger partial charge is 0.465 e. The van der Waals surface area contributed by atoms with Gasteiger partial charge in [0.15, 0.2) is 5.69 Å². The summed E-state index contributed by atoms with van der Waals surface area (Å²) in [7, 11) is 0. The number of nitrogens with one attached hydrogen (secondary N) is 1. The summed E-state index contributed by atoms with van der Waals surface area (Å²) in [5.74, 6) is 1.01. The van der Waals surface area contributed by atoms with E-state index in [1.165, 1.54) is 0 Å². The molecule has 4 rings (SSSR count). The van der Waals surface area contributed by atoms with Crippen molar-refractivity contribution in [2.45, 2.75) is 62.6 Å². The van der Waals surface area contributed by atoms with Crippen molar-refractivity contribution in [2.24, 2.45) is 0 Å². The molecule has 0 aromatic carbocycles. The van der Waals surface area contributed by atoms with Crippen molar-refractivity contribution in [1.82, 2.24) is 15.4 Å². The summed E-state index contributed by atoms with van der Waals surface area (Å²) in [5, 5.41) is 16.1. The quantitative estimate of drug-likeness (QED) is 0.890. The highest BCUT2D eigenvalue weighted by Gasteiger charge is 2.43. The lowest BCUT2D eigenvalue weighted by Crippen LogP contribution is -2.52. The van der Waals surface area contributed by atoms with Crippen molar-refractivity contribution in [3.63, 3.8) is 0 Å². The zero-order valence-electron chi connectivity index (χ0n) is 12.2. The number of hydrogen-bond acceptors (Lipinski definition) is 4. The van der Waals surface area contributed by atoms with Crippen LogP contribution in [0.3, 0.4) is 0 Å². The fourth-order valence-corrected chi connectivity index (χ4v) is 3.82. The number of amides is 2. The summed E-state index contributed by atoms with van der Waals surface area (Å²) < 4.78 is 5.21. The van der Waals surface area contributed by atoms with Crippen LogP contribution in [0.2, 0.25) is 0 Å². The van der Waals surface area contributed by atoms with Gasteiger partial charge in [-0.1, -0.05) is 5.16 Å². The minimum atomic E-state index is -0.845. The van der Waals surface area contributed by atoms with Crippen molar-refractivity contribution in [3.8, 4) is 0 Å². The Balaban J connectivity index is 1.39. The third-order valence-electron chi connectivity index (χ3n) is 5.03. The lowest BCUT2D eigenvalue weighted by Gasteiger charge is -2.37. The van der Waals surface area contributed by atoms with Crippen molar-refractivity contribution < 1.29 is 19.2 Å². The topological polar surface area (TPSA) is 95.7 Å². The highest BCUT2D eigenvalue weighted by Crippen LogP contribution is 2.40.